The number of carbonyl (C=O) groups is 2. The average molecular weight is 396 g/mol. The topological polar surface area (TPSA) is 72.3 Å². The number of nitrogens with one attached hydrogen (secondary N) is 2. The minimum atomic E-state index is -1.27. The number of amides is 3. The maximum Gasteiger partial charge on any atom is 0.330 e. The summed E-state index contributed by atoms with van der Waals surface area (Å²) in [5.74, 6) is 1.12. The highest BCUT2D eigenvalue weighted by molar-refractivity contribution is 6.09. The lowest BCUT2D eigenvalue weighted by Gasteiger charge is -2.28. The van der Waals surface area contributed by atoms with Gasteiger partial charge in [-0.3, -0.25) is 4.79 Å². The summed E-state index contributed by atoms with van der Waals surface area (Å²) in [5.41, 5.74) is 0.121. The van der Waals surface area contributed by atoms with E-state index >= 15 is 0 Å². The standard InChI is InChI=1S/C22H25N3O4/c1-28-18-9-5-16(6-10-18)22(17-7-11-19(29-2)12-8-17)20(26)25(21(27)23-22)15-24-13-3-4-14-24/h5-12H,3-4,13-15H2,1-2H3,(H,23,27)/p+1. The molecule has 2 N–H and O–H groups in total. The molecule has 0 spiro atoms. The van der Waals surface area contributed by atoms with Gasteiger partial charge in [-0.25, -0.2) is 9.69 Å². The van der Waals surface area contributed by atoms with Crippen molar-refractivity contribution in [2.75, 3.05) is 34.0 Å². The van der Waals surface area contributed by atoms with Crippen molar-refractivity contribution < 1.29 is 24.0 Å². The number of methoxy groups -OCH3 is 2. The van der Waals surface area contributed by atoms with Gasteiger partial charge >= 0.3 is 6.03 Å². The van der Waals surface area contributed by atoms with Gasteiger partial charge in [-0.2, -0.15) is 0 Å². The monoisotopic (exact) mass is 396 g/mol. The second kappa shape index (κ2) is 7.75. The first-order valence-corrected chi connectivity index (χ1v) is 9.85. The minimum Gasteiger partial charge on any atom is -0.497 e. The SMILES string of the molecule is COc1ccc(C2(c3ccc(OC)cc3)NC(=O)N(C[NH+]3CCCC3)C2=O)cc1. The number of hydrogen-bond donors (Lipinski definition) is 2. The Morgan fingerprint density at radius 1 is 0.897 bits per heavy atom. The van der Waals surface area contributed by atoms with Gasteiger partial charge in [0.1, 0.15) is 11.5 Å². The van der Waals surface area contributed by atoms with Crippen molar-refractivity contribution in [1.82, 2.24) is 10.2 Å². The molecule has 4 rings (SSSR count). The Labute approximate surface area is 170 Å². The summed E-state index contributed by atoms with van der Waals surface area (Å²) in [6.07, 6.45) is 2.25. The van der Waals surface area contributed by atoms with Crippen LogP contribution in [0.3, 0.4) is 0 Å². The zero-order chi connectivity index (χ0) is 20.4. The van der Waals surface area contributed by atoms with Crippen LogP contribution in [0.15, 0.2) is 48.5 Å². The first-order chi connectivity index (χ1) is 14.1. The number of carbonyl (C=O) groups excluding carboxylic acids is 2. The van der Waals surface area contributed by atoms with Gasteiger partial charge in [0.15, 0.2) is 12.2 Å². The highest BCUT2D eigenvalue weighted by atomic mass is 16.5. The first-order valence-electron chi connectivity index (χ1n) is 9.85. The molecule has 152 valence electrons. The molecule has 2 aromatic rings. The molecule has 0 aliphatic carbocycles. The fraction of sp³-hybridized carbons (Fsp3) is 0.364. The number of rotatable bonds is 6. The Morgan fingerprint density at radius 3 is 1.83 bits per heavy atom. The fourth-order valence-corrected chi connectivity index (χ4v) is 4.22. The number of likely N-dealkylation sites (tertiary alicyclic amines) is 1. The Morgan fingerprint density at radius 2 is 1.38 bits per heavy atom. The molecule has 3 amide bonds. The third kappa shape index (κ3) is 3.31. The van der Waals surface area contributed by atoms with Gasteiger partial charge in [0.05, 0.1) is 27.3 Å². The van der Waals surface area contributed by atoms with Crippen LogP contribution in [0.5, 0.6) is 11.5 Å². The van der Waals surface area contributed by atoms with Crippen LogP contribution < -0.4 is 19.7 Å². The van der Waals surface area contributed by atoms with E-state index in [1.165, 1.54) is 9.80 Å². The third-order valence-corrected chi connectivity index (χ3v) is 5.84. The van der Waals surface area contributed by atoms with Crippen LogP contribution in [0.2, 0.25) is 0 Å². The maximum absolute atomic E-state index is 13.7. The average Bonchev–Trinajstić information content (AvgIpc) is 3.36. The first kappa shape index (κ1) is 19.3. The summed E-state index contributed by atoms with van der Waals surface area (Å²) in [6, 6.07) is 14.1. The maximum atomic E-state index is 13.7. The van der Waals surface area contributed by atoms with E-state index in [1.54, 1.807) is 38.5 Å². The molecule has 0 unspecified atom stereocenters. The van der Waals surface area contributed by atoms with E-state index in [4.69, 9.17) is 9.47 Å². The molecule has 2 fully saturated rings. The van der Waals surface area contributed by atoms with Crippen molar-refractivity contribution in [1.29, 1.82) is 0 Å². The molecule has 0 radical (unpaired) electrons. The van der Waals surface area contributed by atoms with Gasteiger partial charge < -0.3 is 19.7 Å². The molecule has 2 saturated heterocycles. The summed E-state index contributed by atoms with van der Waals surface area (Å²) in [4.78, 5) is 29.2. The van der Waals surface area contributed by atoms with Crippen LogP contribution in [0, 0.1) is 0 Å². The largest absolute Gasteiger partial charge is 0.497 e. The van der Waals surface area contributed by atoms with Crippen molar-refractivity contribution in [3.8, 4) is 11.5 Å². The van der Waals surface area contributed by atoms with E-state index in [0.29, 0.717) is 29.3 Å². The van der Waals surface area contributed by atoms with Gasteiger partial charge in [-0.1, -0.05) is 24.3 Å². The molecular formula is C22H26N3O4+. The molecule has 29 heavy (non-hydrogen) atoms. The molecule has 2 heterocycles. The summed E-state index contributed by atoms with van der Waals surface area (Å²) >= 11 is 0. The predicted octanol–water partition coefficient (Wildman–Crippen LogP) is 1.14. The molecule has 2 aliphatic rings. The smallest absolute Gasteiger partial charge is 0.330 e. The third-order valence-electron chi connectivity index (χ3n) is 5.84. The van der Waals surface area contributed by atoms with Crippen LogP contribution in [-0.4, -0.2) is 50.8 Å². The fourth-order valence-electron chi connectivity index (χ4n) is 4.22. The molecule has 0 bridgehead atoms. The van der Waals surface area contributed by atoms with E-state index in [2.05, 4.69) is 5.32 Å². The lowest BCUT2D eigenvalue weighted by Crippen LogP contribution is -3.11. The quantitative estimate of drug-likeness (QED) is 0.719. The summed E-state index contributed by atoms with van der Waals surface area (Å²) < 4.78 is 10.5. The zero-order valence-electron chi connectivity index (χ0n) is 16.7. The molecular weight excluding hydrogens is 370 g/mol. The van der Waals surface area contributed by atoms with Gasteiger partial charge in [0.2, 0.25) is 0 Å². The highest BCUT2D eigenvalue weighted by Gasteiger charge is 2.54. The summed E-state index contributed by atoms with van der Waals surface area (Å²) in [5, 5.41) is 2.99. The number of hydrogen-bond acceptors (Lipinski definition) is 4. The van der Waals surface area contributed by atoms with Crippen LogP contribution in [0.4, 0.5) is 4.79 Å². The van der Waals surface area contributed by atoms with Gasteiger partial charge in [0.25, 0.3) is 5.91 Å². The molecule has 0 aromatic heterocycles. The van der Waals surface area contributed by atoms with E-state index in [1.807, 2.05) is 24.3 Å². The Hall–Kier alpha value is -3.06. The number of imide groups is 1. The minimum absolute atomic E-state index is 0.253. The lowest BCUT2D eigenvalue weighted by atomic mass is 9.82. The number of benzene rings is 2. The normalized spacial score (nSPS) is 18.8. The van der Waals surface area contributed by atoms with Crippen LogP contribution >= 0.6 is 0 Å². The molecule has 7 heteroatoms. The van der Waals surface area contributed by atoms with Crippen molar-refractivity contribution in [3.63, 3.8) is 0 Å². The van der Waals surface area contributed by atoms with E-state index < -0.39 is 5.54 Å². The van der Waals surface area contributed by atoms with Gasteiger partial charge in [-0.05, 0) is 35.4 Å². The second-order valence-electron chi connectivity index (χ2n) is 7.49. The number of quaternary nitrogens is 1. The van der Waals surface area contributed by atoms with E-state index in [0.717, 1.165) is 25.9 Å². The van der Waals surface area contributed by atoms with E-state index in [-0.39, 0.29) is 11.9 Å². The van der Waals surface area contributed by atoms with Crippen LogP contribution in [-0.2, 0) is 10.3 Å². The van der Waals surface area contributed by atoms with Gasteiger partial charge in [-0.15, -0.1) is 0 Å². The van der Waals surface area contributed by atoms with Crippen molar-refractivity contribution >= 4 is 11.9 Å². The number of urea groups is 1. The molecule has 7 nitrogen and oxygen atoms in total. The molecule has 2 aromatic carbocycles. The number of ether oxygens (including phenoxy) is 2. The van der Waals surface area contributed by atoms with Gasteiger partial charge in [0, 0.05) is 12.8 Å². The zero-order valence-corrected chi connectivity index (χ0v) is 16.7. The van der Waals surface area contributed by atoms with Crippen LogP contribution in [0.1, 0.15) is 24.0 Å². The summed E-state index contributed by atoms with van der Waals surface area (Å²) in [6.45, 7) is 2.35. The van der Waals surface area contributed by atoms with E-state index in [9.17, 15) is 9.59 Å². The lowest BCUT2D eigenvalue weighted by molar-refractivity contribution is -0.894. The predicted molar refractivity (Wildman–Crippen MR) is 107 cm³/mol. The van der Waals surface area contributed by atoms with Crippen molar-refractivity contribution in [2.45, 2.75) is 18.4 Å². The summed E-state index contributed by atoms with van der Waals surface area (Å²) in [7, 11) is 3.19. The van der Waals surface area contributed by atoms with Crippen LogP contribution in [0.25, 0.3) is 0 Å². The molecule has 0 atom stereocenters. The second-order valence-corrected chi connectivity index (χ2v) is 7.49. The Kier molecular flexibility index (Phi) is 5.15. The number of nitrogens with zero attached hydrogens (tertiary/aromatic N) is 1. The highest BCUT2D eigenvalue weighted by Crippen LogP contribution is 2.37. The Bertz CT molecular complexity index is 842. The van der Waals surface area contributed by atoms with Crippen molar-refractivity contribution in [3.05, 3.63) is 59.7 Å². The molecule has 0 saturated carbocycles. The Balaban J connectivity index is 1.77. The molecule has 2 aliphatic heterocycles. The van der Waals surface area contributed by atoms with Crippen molar-refractivity contribution in [2.24, 2.45) is 0 Å².